The third-order valence-electron chi connectivity index (χ3n) is 3.75. The van der Waals surface area contributed by atoms with Crippen molar-refractivity contribution in [2.75, 3.05) is 46.1 Å². The van der Waals surface area contributed by atoms with Crippen LogP contribution in [0.1, 0.15) is 31.1 Å². The van der Waals surface area contributed by atoms with Crippen LogP contribution in [0.2, 0.25) is 0 Å². The molecule has 0 amide bonds. The minimum absolute atomic E-state index is 0.152. The molecule has 0 saturated carbocycles. The average Bonchev–Trinajstić information content (AvgIpc) is 2.80. The van der Waals surface area contributed by atoms with E-state index in [4.69, 9.17) is 15.2 Å². The number of nitrogens with two attached hydrogens (primary N) is 1. The van der Waals surface area contributed by atoms with E-state index < -0.39 is 0 Å². The van der Waals surface area contributed by atoms with E-state index in [9.17, 15) is 0 Å². The molecule has 1 heterocycles. The highest BCUT2D eigenvalue weighted by Gasteiger charge is 2.22. The van der Waals surface area contributed by atoms with Crippen molar-refractivity contribution in [3.8, 4) is 0 Å². The van der Waals surface area contributed by atoms with Crippen LogP contribution in [0, 0.1) is 6.92 Å². The van der Waals surface area contributed by atoms with E-state index in [0.29, 0.717) is 19.8 Å². The van der Waals surface area contributed by atoms with Crippen LogP contribution in [0.3, 0.4) is 0 Å². The van der Waals surface area contributed by atoms with Crippen molar-refractivity contribution >= 4 is 0 Å². The molecule has 0 aliphatic rings. The predicted molar refractivity (Wildman–Crippen MR) is 84.3 cm³/mol. The molecule has 0 aliphatic carbocycles. The number of aromatic nitrogens is 2. The van der Waals surface area contributed by atoms with Crippen LogP contribution < -0.4 is 5.73 Å². The van der Waals surface area contributed by atoms with E-state index in [-0.39, 0.29) is 6.04 Å². The Kier molecular flexibility index (Phi) is 8.52. The molecule has 21 heavy (non-hydrogen) atoms. The van der Waals surface area contributed by atoms with Gasteiger partial charge in [-0.15, -0.1) is 0 Å². The Morgan fingerprint density at radius 1 is 1.24 bits per heavy atom. The van der Waals surface area contributed by atoms with Gasteiger partial charge >= 0.3 is 0 Å². The van der Waals surface area contributed by atoms with Crippen molar-refractivity contribution < 1.29 is 9.47 Å². The molecule has 0 fully saturated rings. The lowest BCUT2D eigenvalue weighted by Gasteiger charge is -2.30. The quantitative estimate of drug-likeness (QED) is 0.620. The Balaban J connectivity index is 2.77. The second-order valence-electron chi connectivity index (χ2n) is 4.99. The minimum Gasteiger partial charge on any atom is -0.380 e. The molecule has 1 aromatic heterocycles. The van der Waals surface area contributed by atoms with Gasteiger partial charge in [-0.1, -0.05) is 0 Å². The van der Waals surface area contributed by atoms with Gasteiger partial charge in [-0.25, -0.2) is 0 Å². The highest BCUT2D eigenvalue weighted by molar-refractivity contribution is 5.21. The lowest BCUT2D eigenvalue weighted by Crippen LogP contribution is -2.38. The maximum atomic E-state index is 6.03. The number of aryl methyl sites for hydroxylation is 1. The first kappa shape index (κ1) is 18.1. The highest BCUT2D eigenvalue weighted by Crippen LogP contribution is 2.22. The van der Waals surface area contributed by atoms with Gasteiger partial charge in [-0.05, 0) is 20.8 Å². The Bertz CT molecular complexity index is 385. The molecule has 2 N–H and O–H groups in total. The topological polar surface area (TPSA) is 65.5 Å². The fourth-order valence-electron chi connectivity index (χ4n) is 2.39. The number of ether oxygens (including phenoxy) is 2. The van der Waals surface area contributed by atoms with Gasteiger partial charge in [0.05, 0.1) is 25.5 Å². The van der Waals surface area contributed by atoms with Crippen LogP contribution >= 0.6 is 0 Å². The van der Waals surface area contributed by atoms with Crippen molar-refractivity contribution in [3.63, 3.8) is 0 Å². The van der Waals surface area contributed by atoms with E-state index in [0.717, 1.165) is 32.0 Å². The summed E-state index contributed by atoms with van der Waals surface area (Å²) in [5.74, 6) is 0. The Labute approximate surface area is 128 Å². The third kappa shape index (κ3) is 5.39. The van der Waals surface area contributed by atoms with Gasteiger partial charge in [0.1, 0.15) is 0 Å². The maximum Gasteiger partial charge on any atom is 0.0593 e. The van der Waals surface area contributed by atoms with E-state index in [1.165, 1.54) is 5.56 Å². The van der Waals surface area contributed by atoms with Crippen LogP contribution in [0.15, 0.2) is 6.20 Å². The molecule has 1 aromatic rings. The van der Waals surface area contributed by atoms with Crippen LogP contribution in [0.25, 0.3) is 0 Å². The fraction of sp³-hybridized carbons (Fsp3) is 0.800. The third-order valence-corrected chi connectivity index (χ3v) is 3.75. The molecule has 0 bridgehead atoms. The monoisotopic (exact) mass is 298 g/mol. The first-order chi connectivity index (χ1) is 10.2. The molecule has 6 nitrogen and oxygen atoms in total. The molecule has 1 rings (SSSR count). The van der Waals surface area contributed by atoms with E-state index in [1.54, 1.807) is 0 Å². The molecule has 0 radical (unpaired) electrons. The van der Waals surface area contributed by atoms with Gasteiger partial charge in [0, 0.05) is 51.2 Å². The maximum absolute atomic E-state index is 6.03. The second kappa shape index (κ2) is 9.89. The molecule has 122 valence electrons. The second-order valence-corrected chi connectivity index (χ2v) is 4.99. The van der Waals surface area contributed by atoms with Crippen LogP contribution in [0.5, 0.6) is 0 Å². The summed E-state index contributed by atoms with van der Waals surface area (Å²) in [7, 11) is 1.96. The van der Waals surface area contributed by atoms with Crippen LogP contribution in [-0.4, -0.2) is 60.7 Å². The van der Waals surface area contributed by atoms with Gasteiger partial charge in [0.15, 0.2) is 0 Å². The fourth-order valence-corrected chi connectivity index (χ4v) is 2.39. The zero-order valence-electron chi connectivity index (χ0n) is 13.8. The summed E-state index contributed by atoms with van der Waals surface area (Å²) in [5, 5.41) is 4.33. The largest absolute Gasteiger partial charge is 0.380 e. The number of nitrogens with zero attached hydrogens (tertiary/aromatic N) is 3. The van der Waals surface area contributed by atoms with Gasteiger partial charge < -0.3 is 15.2 Å². The summed E-state index contributed by atoms with van der Waals surface area (Å²) >= 11 is 0. The van der Waals surface area contributed by atoms with Crippen molar-refractivity contribution in [1.82, 2.24) is 14.7 Å². The molecule has 0 aliphatic heterocycles. The molecule has 0 saturated heterocycles. The smallest absolute Gasteiger partial charge is 0.0593 e. The van der Waals surface area contributed by atoms with Gasteiger partial charge in [-0.3, -0.25) is 9.58 Å². The SMILES string of the molecule is CCOCCN(CCOCC)C(CN)c1cnn(C)c1C. The number of rotatable bonds is 11. The van der Waals surface area contributed by atoms with E-state index >= 15 is 0 Å². The zero-order valence-corrected chi connectivity index (χ0v) is 13.8. The van der Waals surface area contributed by atoms with Crippen LogP contribution in [0.4, 0.5) is 0 Å². The first-order valence-corrected chi connectivity index (χ1v) is 7.73. The summed E-state index contributed by atoms with van der Waals surface area (Å²) in [6.45, 7) is 11.2. The van der Waals surface area contributed by atoms with Gasteiger partial charge in [0.25, 0.3) is 0 Å². The van der Waals surface area contributed by atoms with Crippen molar-refractivity contribution in [2.45, 2.75) is 26.8 Å². The van der Waals surface area contributed by atoms with Gasteiger partial charge in [-0.2, -0.15) is 5.10 Å². The average molecular weight is 298 g/mol. The highest BCUT2D eigenvalue weighted by atomic mass is 16.5. The minimum atomic E-state index is 0.152. The Morgan fingerprint density at radius 3 is 2.19 bits per heavy atom. The summed E-state index contributed by atoms with van der Waals surface area (Å²) < 4.78 is 12.9. The molecule has 1 atom stereocenters. The molecular weight excluding hydrogens is 268 g/mol. The molecule has 1 unspecified atom stereocenters. The molecule has 0 spiro atoms. The molecule has 6 heteroatoms. The normalized spacial score (nSPS) is 13.0. The summed E-state index contributed by atoms with van der Waals surface area (Å²) in [4.78, 5) is 2.33. The zero-order chi connectivity index (χ0) is 15.7. The van der Waals surface area contributed by atoms with Crippen molar-refractivity contribution in [3.05, 3.63) is 17.5 Å². The van der Waals surface area contributed by atoms with E-state index in [2.05, 4.69) is 16.9 Å². The Morgan fingerprint density at radius 2 is 1.81 bits per heavy atom. The Hall–Kier alpha value is -0.950. The number of hydrogen-bond acceptors (Lipinski definition) is 5. The molecule has 0 aromatic carbocycles. The standard InChI is InChI=1S/C15H30N4O2/c1-5-20-9-7-19(8-10-21-6-2)15(11-16)14-12-17-18(4)13(14)3/h12,15H,5-11,16H2,1-4H3. The first-order valence-electron chi connectivity index (χ1n) is 7.73. The summed E-state index contributed by atoms with van der Waals surface area (Å²) in [5.41, 5.74) is 8.38. The van der Waals surface area contributed by atoms with Crippen molar-refractivity contribution in [1.29, 1.82) is 0 Å². The summed E-state index contributed by atoms with van der Waals surface area (Å²) in [6.07, 6.45) is 1.92. The number of hydrogen-bond donors (Lipinski definition) is 1. The summed E-state index contributed by atoms with van der Waals surface area (Å²) in [6, 6.07) is 0.152. The van der Waals surface area contributed by atoms with Crippen LogP contribution in [-0.2, 0) is 16.5 Å². The lowest BCUT2D eigenvalue weighted by atomic mass is 10.1. The van der Waals surface area contributed by atoms with Gasteiger partial charge in [0.2, 0.25) is 0 Å². The van der Waals surface area contributed by atoms with E-state index in [1.807, 2.05) is 31.8 Å². The predicted octanol–water partition coefficient (Wildman–Crippen LogP) is 1.10. The lowest BCUT2D eigenvalue weighted by molar-refractivity contribution is 0.0639. The molecular formula is C15H30N4O2. The van der Waals surface area contributed by atoms with Crippen molar-refractivity contribution in [2.24, 2.45) is 12.8 Å².